The van der Waals surface area contributed by atoms with Crippen molar-refractivity contribution in [3.63, 3.8) is 0 Å². The second-order valence-electron chi connectivity index (χ2n) is 11.8. The fourth-order valence-electron chi connectivity index (χ4n) is 5.04. The average Bonchev–Trinajstić information content (AvgIpc) is 3.55. The zero-order chi connectivity index (χ0) is 25.7. The summed E-state index contributed by atoms with van der Waals surface area (Å²) in [5, 5.41) is 0. The van der Waals surface area contributed by atoms with Gasteiger partial charge in [-0.2, -0.15) is 0 Å². The average molecular weight is 493 g/mol. The number of morpholine rings is 1. The number of nitrogens with zero attached hydrogens (tertiary/aromatic N) is 8. The number of amides is 1. The van der Waals surface area contributed by atoms with Crippen LogP contribution in [0, 0.1) is 5.92 Å². The van der Waals surface area contributed by atoms with Crippen molar-refractivity contribution < 1.29 is 9.53 Å². The molecule has 1 aliphatic heterocycles. The highest BCUT2D eigenvalue weighted by molar-refractivity contribution is 5.92. The van der Waals surface area contributed by atoms with Gasteiger partial charge in [-0.05, 0) is 60.3 Å². The van der Waals surface area contributed by atoms with Gasteiger partial charge in [-0.25, -0.2) is 24.9 Å². The predicted molar refractivity (Wildman–Crippen MR) is 138 cm³/mol. The van der Waals surface area contributed by atoms with E-state index < -0.39 is 0 Å². The third-order valence-electron chi connectivity index (χ3n) is 6.55. The van der Waals surface area contributed by atoms with Crippen molar-refractivity contribution >= 4 is 22.9 Å². The quantitative estimate of drug-likeness (QED) is 0.533. The number of hydrogen-bond acceptors (Lipinski definition) is 8. The number of aromatic nitrogens is 6. The van der Waals surface area contributed by atoms with Crippen LogP contribution in [0.3, 0.4) is 0 Å². The Hall–Kier alpha value is -3.14. The standard InChI is InChI=1S/C26H36N8O2/c1-25(2,3)34(26(4,5)6)24(35)21-27-13-18(14-28-21)20-30-22(32-9-11-36-12-10-32)19-23(31-20)33(16-29-19)15-17-7-8-17/h13-14,16-17H,7-12,15H2,1-6H3. The number of imidazole rings is 1. The highest BCUT2D eigenvalue weighted by Gasteiger charge is 2.37. The van der Waals surface area contributed by atoms with Gasteiger partial charge in [-0.15, -0.1) is 0 Å². The number of rotatable bonds is 5. The lowest BCUT2D eigenvalue weighted by molar-refractivity contribution is 0.0258. The summed E-state index contributed by atoms with van der Waals surface area (Å²) >= 11 is 0. The largest absolute Gasteiger partial charge is 0.378 e. The maximum atomic E-state index is 13.4. The lowest BCUT2D eigenvalue weighted by Gasteiger charge is -2.45. The summed E-state index contributed by atoms with van der Waals surface area (Å²) in [7, 11) is 0. The third kappa shape index (κ3) is 4.91. The molecule has 2 aliphatic rings. The van der Waals surface area contributed by atoms with Crippen LogP contribution in [0.5, 0.6) is 0 Å². The van der Waals surface area contributed by atoms with Crippen molar-refractivity contribution in [2.75, 3.05) is 31.2 Å². The minimum Gasteiger partial charge on any atom is -0.378 e. The van der Waals surface area contributed by atoms with E-state index in [0.717, 1.165) is 36.6 Å². The maximum absolute atomic E-state index is 13.4. The first-order valence-corrected chi connectivity index (χ1v) is 12.7. The van der Waals surface area contributed by atoms with Gasteiger partial charge in [0.1, 0.15) is 0 Å². The fraction of sp³-hybridized carbons (Fsp3) is 0.615. The molecule has 0 radical (unpaired) electrons. The van der Waals surface area contributed by atoms with Crippen molar-refractivity contribution in [2.45, 2.75) is 72.0 Å². The molecule has 0 spiro atoms. The van der Waals surface area contributed by atoms with Crippen molar-refractivity contribution in [2.24, 2.45) is 5.92 Å². The summed E-state index contributed by atoms with van der Waals surface area (Å²) in [6, 6.07) is 0. The molecule has 192 valence electrons. The monoisotopic (exact) mass is 492 g/mol. The molecule has 5 rings (SSSR count). The Bertz CT molecular complexity index is 1230. The number of carbonyl (C=O) groups excluding carboxylic acids is 1. The van der Waals surface area contributed by atoms with Crippen LogP contribution in [0.4, 0.5) is 5.82 Å². The molecule has 0 bridgehead atoms. The van der Waals surface area contributed by atoms with E-state index in [-0.39, 0.29) is 22.8 Å². The first-order valence-electron chi connectivity index (χ1n) is 12.7. The third-order valence-corrected chi connectivity index (χ3v) is 6.55. The van der Waals surface area contributed by atoms with Crippen molar-refractivity contribution in [1.29, 1.82) is 0 Å². The molecule has 1 aliphatic carbocycles. The van der Waals surface area contributed by atoms with Crippen LogP contribution in [0.2, 0.25) is 0 Å². The lowest BCUT2D eigenvalue weighted by Crippen LogP contribution is -2.56. The van der Waals surface area contributed by atoms with Gasteiger partial charge >= 0.3 is 0 Å². The summed E-state index contributed by atoms with van der Waals surface area (Å²) in [6.07, 6.45) is 7.66. The Morgan fingerprint density at radius 1 is 1.00 bits per heavy atom. The topological polar surface area (TPSA) is 102 Å². The van der Waals surface area contributed by atoms with Crippen LogP contribution in [-0.2, 0) is 11.3 Å². The van der Waals surface area contributed by atoms with Gasteiger partial charge in [-0.1, -0.05) is 0 Å². The smallest absolute Gasteiger partial charge is 0.292 e. The van der Waals surface area contributed by atoms with E-state index in [0.29, 0.717) is 30.5 Å². The highest BCUT2D eigenvalue weighted by Crippen LogP contribution is 2.33. The molecular formula is C26H36N8O2. The molecule has 2 fully saturated rings. The van der Waals surface area contributed by atoms with E-state index >= 15 is 0 Å². The minimum absolute atomic E-state index is 0.164. The molecular weight excluding hydrogens is 456 g/mol. The molecule has 10 heteroatoms. The minimum atomic E-state index is -0.376. The van der Waals surface area contributed by atoms with Gasteiger partial charge in [0.2, 0.25) is 5.82 Å². The lowest BCUT2D eigenvalue weighted by atomic mass is 9.95. The number of hydrogen-bond donors (Lipinski definition) is 0. The van der Waals surface area contributed by atoms with Gasteiger partial charge in [0, 0.05) is 43.1 Å². The van der Waals surface area contributed by atoms with E-state index in [9.17, 15) is 4.79 Å². The molecule has 4 heterocycles. The Kier molecular flexibility index (Phi) is 6.18. The van der Waals surface area contributed by atoms with Gasteiger partial charge in [0.15, 0.2) is 22.8 Å². The second-order valence-corrected chi connectivity index (χ2v) is 11.8. The zero-order valence-electron chi connectivity index (χ0n) is 22.2. The number of anilines is 1. The molecule has 3 aromatic rings. The van der Waals surface area contributed by atoms with Crippen LogP contribution >= 0.6 is 0 Å². The molecule has 36 heavy (non-hydrogen) atoms. The second kappa shape index (κ2) is 9.06. The van der Waals surface area contributed by atoms with Crippen LogP contribution < -0.4 is 4.90 Å². The van der Waals surface area contributed by atoms with E-state index in [4.69, 9.17) is 14.7 Å². The number of ether oxygens (including phenoxy) is 1. The van der Waals surface area contributed by atoms with Crippen LogP contribution in [-0.4, -0.2) is 77.7 Å². The molecule has 0 unspecified atom stereocenters. The molecule has 0 atom stereocenters. The normalized spacial score (nSPS) is 17.0. The molecule has 1 saturated heterocycles. The highest BCUT2D eigenvalue weighted by atomic mass is 16.5. The Balaban J connectivity index is 1.52. The zero-order valence-corrected chi connectivity index (χ0v) is 22.2. The first kappa shape index (κ1) is 24.5. The SMILES string of the molecule is CC(C)(C)N(C(=O)c1ncc(-c2nc(N3CCOCC3)c3ncn(CC4CC4)c3n2)cn1)C(C)(C)C. The molecule has 0 aromatic carbocycles. The van der Waals surface area contributed by atoms with E-state index in [1.807, 2.05) is 52.8 Å². The van der Waals surface area contributed by atoms with Gasteiger partial charge < -0.3 is 19.1 Å². The van der Waals surface area contributed by atoms with Gasteiger partial charge in [-0.3, -0.25) is 4.79 Å². The van der Waals surface area contributed by atoms with Crippen LogP contribution in [0.1, 0.15) is 65.0 Å². The summed E-state index contributed by atoms with van der Waals surface area (Å²) in [5.41, 5.74) is 1.54. The van der Waals surface area contributed by atoms with Crippen LogP contribution in [0.25, 0.3) is 22.6 Å². The van der Waals surface area contributed by atoms with E-state index in [1.165, 1.54) is 12.8 Å². The Morgan fingerprint density at radius 2 is 1.64 bits per heavy atom. The number of carbonyl (C=O) groups is 1. The maximum Gasteiger partial charge on any atom is 0.292 e. The summed E-state index contributed by atoms with van der Waals surface area (Å²) < 4.78 is 7.68. The molecule has 1 saturated carbocycles. The van der Waals surface area contributed by atoms with Crippen LogP contribution in [0.15, 0.2) is 18.7 Å². The molecule has 10 nitrogen and oxygen atoms in total. The predicted octanol–water partition coefficient (Wildman–Crippen LogP) is 3.57. The number of fused-ring (bicyclic) bond motifs is 1. The Morgan fingerprint density at radius 3 is 2.22 bits per heavy atom. The molecule has 1 amide bonds. The molecule has 0 N–H and O–H groups in total. The van der Waals surface area contributed by atoms with Crippen molar-refractivity contribution in [1.82, 2.24) is 34.4 Å². The summed E-state index contributed by atoms with van der Waals surface area (Å²) in [6.45, 7) is 15.8. The van der Waals surface area contributed by atoms with E-state index in [1.54, 1.807) is 12.4 Å². The van der Waals surface area contributed by atoms with E-state index in [2.05, 4.69) is 24.4 Å². The molecule has 3 aromatic heterocycles. The van der Waals surface area contributed by atoms with Crippen molar-refractivity contribution in [3.05, 3.63) is 24.5 Å². The van der Waals surface area contributed by atoms with Gasteiger partial charge in [0.05, 0.1) is 25.1 Å². The summed E-state index contributed by atoms with van der Waals surface area (Å²) in [4.78, 5) is 40.8. The van der Waals surface area contributed by atoms with Crippen molar-refractivity contribution in [3.8, 4) is 11.4 Å². The first-order chi connectivity index (χ1) is 17.0. The summed E-state index contributed by atoms with van der Waals surface area (Å²) in [5.74, 6) is 1.99. The van der Waals surface area contributed by atoms with Gasteiger partial charge in [0.25, 0.3) is 5.91 Å². The Labute approximate surface area is 212 Å². The fourth-order valence-corrected chi connectivity index (χ4v) is 5.04.